The number of primary sulfonamides is 1. The molecule has 66 valence electrons. The lowest BCUT2D eigenvalue weighted by Crippen LogP contribution is -2.20. The monoisotopic (exact) mass is 179 g/mol. The van der Waals surface area contributed by atoms with Gasteiger partial charge >= 0.3 is 0 Å². The van der Waals surface area contributed by atoms with Gasteiger partial charge in [-0.1, -0.05) is 13.8 Å². The van der Waals surface area contributed by atoms with Gasteiger partial charge in [0.15, 0.2) is 0 Å². The first-order valence-corrected chi connectivity index (χ1v) is 5.07. The van der Waals surface area contributed by atoms with Gasteiger partial charge in [0.1, 0.15) is 5.78 Å². The molecule has 0 aromatic heterocycles. The zero-order chi connectivity index (χ0) is 9.07. The number of sulfonamides is 1. The highest BCUT2D eigenvalue weighted by atomic mass is 32.2. The summed E-state index contributed by atoms with van der Waals surface area (Å²) in [5.74, 6) is -0.430. The number of nitrogens with two attached hydrogens (primary N) is 1. The van der Waals surface area contributed by atoms with Crippen molar-refractivity contribution in [1.29, 1.82) is 0 Å². The minimum atomic E-state index is -3.47. The second-order valence-corrected chi connectivity index (χ2v) is 4.47. The van der Waals surface area contributed by atoms with Crippen LogP contribution >= 0.6 is 0 Å². The van der Waals surface area contributed by atoms with Crippen molar-refractivity contribution < 1.29 is 13.2 Å². The van der Waals surface area contributed by atoms with E-state index in [0.29, 0.717) is 0 Å². The summed E-state index contributed by atoms with van der Waals surface area (Å²) in [6, 6.07) is 0. The van der Waals surface area contributed by atoms with E-state index in [0.717, 1.165) is 0 Å². The van der Waals surface area contributed by atoms with Crippen LogP contribution in [0.4, 0.5) is 0 Å². The Balaban J connectivity index is 3.83. The zero-order valence-corrected chi connectivity index (χ0v) is 7.52. The molecule has 0 aliphatic heterocycles. The molecule has 2 N–H and O–H groups in total. The molecule has 0 saturated carbocycles. The van der Waals surface area contributed by atoms with E-state index in [1.807, 2.05) is 0 Å². The third-order valence-electron chi connectivity index (χ3n) is 1.28. The Labute approximate surface area is 66.8 Å². The number of carbonyl (C=O) groups excluding carboxylic acids is 1. The van der Waals surface area contributed by atoms with E-state index in [2.05, 4.69) is 0 Å². The third-order valence-corrected chi connectivity index (χ3v) is 2.05. The molecule has 4 nitrogen and oxygen atoms in total. The molecule has 5 heteroatoms. The number of rotatable bonds is 4. The van der Waals surface area contributed by atoms with Gasteiger partial charge in [0.2, 0.25) is 10.0 Å². The van der Waals surface area contributed by atoms with E-state index >= 15 is 0 Å². The predicted octanol–water partition coefficient (Wildman–Crippen LogP) is -0.110. The molecule has 0 spiro atoms. The van der Waals surface area contributed by atoms with E-state index in [-0.39, 0.29) is 23.9 Å². The summed E-state index contributed by atoms with van der Waals surface area (Å²) in [6.45, 7) is 3.46. The van der Waals surface area contributed by atoms with E-state index in [1.165, 1.54) is 0 Å². The predicted molar refractivity (Wildman–Crippen MR) is 42.4 cm³/mol. The van der Waals surface area contributed by atoms with Gasteiger partial charge in [-0.25, -0.2) is 13.6 Å². The fraction of sp³-hybridized carbons (Fsp3) is 0.833. The highest BCUT2D eigenvalue weighted by Gasteiger charge is 2.10. The first-order chi connectivity index (χ1) is 4.83. The molecule has 0 atom stereocenters. The molecule has 0 aliphatic rings. The standard InChI is InChI=1S/C6H13NO3S/c1-5(2)6(8)3-4-11(7,9)10/h5H,3-4H2,1-2H3,(H2,7,9,10). The molecule has 0 aliphatic carbocycles. The maximum Gasteiger partial charge on any atom is 0.209 e. The Kier molecular flexibility index (Phi) is 3.68. The first-order valence-electron chi connectivity index (χ1n) is 3.36. The van der Waals surface area contributed by atoms with Crippen molar-refractivity contribution >= 4 is 15.8 Å². The molecule has 0 radical (unpaired) electrons. The van der Waals surface area contributed by atoms with Gasteiger partial charge in [-0.15, -0.1) is 0 Å². The van der Waals surface area contributed by atoms with Gasteiger partial charge in [0, 0.05) is 12.3 Å². The normalized spacial score (nSPS) is 12.0. The molecule has 0 fully saturated rings. The van der Waals surface area contributed by atoms with Crippen LogP contribution in [0.1, 0.15) is 20.3 Å². The Morgan fingerprint density at radius 3 is 2.18 bits per heavy atom. The van der Waals surface area contributed by atoms with Crippen LogP contribution in [0.25, 0.3) is 0 Å². The van der Waals surface area contributed by atoms with E-state index in [9.17, 15) is 13.2 Å². The summed E-state index contributed by atoms with van der Waals surface area (Å²) < 4.78 is 20.8. The summed E-state index contributed by atoms with van der Waals surface area (Å²) in [5.41, 5.74) is 0. The average Bonchev–Trinajstić information content (AvgIpc) is 1.80. The van der Waals surface area contributed by atoms with Crippen molar-refractivity contribution in [3.8, 4) is 0 Å². The Morgan fingerprint density at radius 2 is 1.91 bits per heavy atom. The van der Waals surface area contributed by atoms with Crippen LogP contribution in [0, 0.1) is 5.92 Å². The molecular weight excluding hydrogens is 166 g/mol. The van der Waals surface area contributed by atoms with E-state index in [4.69, 9.17) is 5.14 Å². The summed E-state index contributed by atoms with van der Waals surface area (Å²) in [4.78, 5) is 10.9. The molecular formula is C6H13NO3S. The molecule has 0 bridgehead atoms. The second kappa shape index (κ2) is 3.82. The zero-order valence-electron chi connectivity index (χ0n) is 6.70. The van der Waals surface area contributed by atoms with Crippen molar-refractivity contribution in [2.45, 2.75) is 20.3 Å². The van der Waals surface area contributed by atoms with Crippen LogP contribution < -0.4 is 5.14 Å². The lowest BCUT2D eigenvalue weighted by molar-refractivity contribution is -0.121. The minimum absolute atomic E-state index is 0.0243. The Bertz CT molecular complexity index is 230. The maximum absolute atomic E-state index is 10.9. The average molecular weight is 179 g/mol. The minimum Gasteiger partial charge on any atom is -0.299 e. The topological polar surface area (TPSA) is 77.2 Å². The number of hydrogen-bond acceptors (Lipinski definition) is 3. The molecule has 0 saturated heterocycles. The van der Waals surface area contributed by atoms with Crippen LogP contribution in [0.15, 0.2) is 0 Å². The van der Waals surface area contributed by atoms with Crippen LogP contribution in [0.2, 0.25) is 0 Å². The number of carbonyl (C=O) groups is 1. The largest absolute Gasteiger partial charge is 0.299 e. The van der Waals surface area contributed by atoms with Gasteiger partial charge in [-0.2, -0.15) is 0 Å². The van der Waals surface area contributed by atoms with Crippen LogP contribution in [0.3, 0.4) is 0 Å². The van der Waals surface area contributed by atoms with Crippen LogP contribution in [-0.2, 0) is 14.8 Å². The molecule has 0 unspecified atom stereocenters. The van der Waals surface area contributed by atoms with E-state index < -0.39 is 10.0 Å². The summed E-state index contributed by atoms with van der Waals surface area (Å²) >= 11 is 0. The molecule has 0 aromatic rings. The highest BCUT2D eigenvalue weighted by Crippen LogP contribution is 1.99. The van der Waals surface area contributed by atoms with Crippen LogP contribution in [0.5, 0.6) is 0 Å². The SMILES string of the molecule is CC(C)C(=O)CCS(N)(=O)=O. The number of Topliss-reactive ketones (excluding diaryl/α,β-unsaturated/α-hetero) is 1. The maximum atomic E-state index is 10.9. The van der Waals surface area contributed by atoms with Gasteiger partial charge in [0.05, 0.1) is 5.75 Å². The lowest BCUT2D eigenvalue weighted by atomic mass is 10.1. The Morgan fingerprint density at radius 1 is 1.45 bits per heavy atom. The number of ketones is 1. The van der Waals surface area contributed by atoms with Gasteiger partial charge in [-0.05, 0) is 0 Å². The van der Waals surface area contributed by atoms with Crippen molar-refractivity contribution in [3.63, 3.8) is 0 Å². The molecule has 0 amide bonds. The van der Waals surface area contributed by atoms with Gasteiger partial charge in [0.25, 0.3) is 0 Å². The van der Waals surface area contributed by atoms with Crippen molar-refractivity contribution in [1.82, 2.24) is 0 Å². The van der Waals surface area contributed by atoms with Crippen LogP contribution in [-0.4, -0.2) is 20.0 Å². The quantitative estimate of drug-likeness (QED) is 0.654. The lowest BCUT2D eigenvalue weighted by Gasteiger charge is -2.01. The molecule has 0 rings (SSSR count). The summed E-state index contributed by atoms with van der Waals surface area (Å²) in [6.07, 6.45) is 0.0243. The van der Waals surface area contributed by atoms with Crippen molar-refractivity contribution in [2.24, 2.45) is 11.1 Å². The summed E-state index contributed by atoms with van der Waals surface area (Å²) in [7, 11) is -3.47. The second-order valence-electron chi connectivity index (χ2n) is 2.74. The fourth-order valence-corrected chi connectivity index (χ4v) is 1.02. The highest BCUT2D eigenvalue weighted by molar-refractivity contribution is 7.89. The molecule has 11 heavy (non-hydrogen) atoms. The first kappa shape index (κ1) is 10.6. The summed E-state index contributed by atoms with van der Waals surface area (Å²) in [5, 5.41) is 4.70. The molecule has 0 heterocycles. The number of hydrogen-bond donors (Lipinski definition) is 1. The Hall–Kier alpha value is -0.420. The van der Waals surface area contributed by atoms with E-state index in [1.54, 1.807) is 13.8 Å². The molecule has 0 aromatic carbocycles. The van der Waals surface area contributed by atoms with Gasteiger partial charge in [-0.3, -0.25) is 4.79 Å². The smallest absolute Gasteiger partial charge is 0.209 e. The van der Waals surface area contributed by atoms with Gasteiger partial charge < -0.3 is 0 Å². The van der Waals surface area contributed by atoms with Crippen molar-refractivity contribution in [2.75, 3.05) is 5.75 Å². The van der Waals surface area contributed by atoms with Crippen molar-refractivity contribution in [3.05, 3.63) is 0 Å². The fourth-order valence-electron chi connectivity index (χ4n) is 0.532. The third kappa shape index (κ3) is 6.00.